The van der Waals surface area contributed by atoms with Crippen molar-refractivity contribution in [1.82, 2.24) is 24.6 Å². The Hall–Kier alpha value is -3.22. The Balaban J connectivity index is 1.44. The first-order valence-corrected chi connectivity index (χ1v) is 10.3. The number of carbonyl (C=O) groups is 1. The third kappa shape index (κ3) is 4.20. The van der Waals surface area contributed by atoms with Gasteiger partial charge in [-0.2, -0.15) is 0 Å². The van der Waals surface area contributed by atoms with Crippen LogP contribution in [0.5, 0.6) is 0 Å². The zero-order chi connectivity index (χ0) is 21.3. The van der Waals surface area contributed by atoms with Crippen molar-refractivity contribution in [2.75, 3.05) is 6.54 Å². The van der Waals surface area contributed by atoms with Crippen molar-refractivity contribution >= 4 is 5.91 Å². The van der Waals surface area contributed by atoms with Crippen LogP contribution in [0.1, 0.15) is 55.6 Å². The van der Waals surface area contributed by atoms with Crippen LogP contribution in [0, 0.1) is 0 Å². The monoisotopic (exact) mass is 405 g/mol. The predicted octanol–water partition coefficient (Wildman–Crippen LogP) is 3.17. The first kappa shape index (κ1) is 20.1. The first-order valence-electron chi connectivity index (χ1n) is 10.3. The summed E-state index contributed by atoms with van der Waals surface area (Å²) < 4.78 is 3.19. The molecule has 1 aliphatic rings. The van der Waals surface area contributed by atoms with Crippen molar-refractivity contribution in [3.05, 3.63) is 70.4 Å². The van der Waals surface area contributed by atoms with Gasteiger partial charge in [0.1, 0.15) is 0 Å². The molecule has 1 fully saturated rings. The lowest BCUT2D eigenvalue weighted by Gasteiger charge is -2.19. The minimum atomic E-state index is -0.155. The molecule has 2 heterocycles. The van der Waals surface area contributed by atoms with Crippen LogP contribution in [0.15, 0.2) is 53.6 Å². The number of benzene rings is 1. The van der Waals surface area contributed by atoms with Crippen LogP contribution in [0.25, 0.3) is 11.4 Å². The van der Waals surface area contributed by atoms with Crippen LogP contribution in [0.4, 0.5) is 0 Å². The van der Waals surface area contributed by atoms with Crippen molar-refractivity contribution in [2.45, 2.75) is 51.6 Å². The molecule has 0 aliphatic heterocycles. The summed E-state index contributed by atoms with van der Waals surface area (Å²) in [5, 5.41) is 7.41. The lowest BCUT2D eigenvalue weighted by Crippen LogP contribution is -2.32. The van der Waals surface area contributed by atoms with E-state index in [1.54, 1.807) is 17.0 Å². The molecule has 0 saturated heterocycles. The Morgan fingerprint density at radius 1 is 1.17 bits per heavy atom. The summed E-state index contributed by atoms with van der Waals surface area (Å²) in [5.41, 5.74) is 2.51. The summed E-state index contributed by atoms with van der Waals surface area (Å²) in [5.74, 6) is 0.484. The minimum Gasteiger partial charge on any atom is -0.350 e. The Morgan fingerprint density at radius 3 is 2.50 bits per heavy atom. The largest absolute Gasteiger partial charge is 0.350 e. The number of nitrogens with one attached hydrogen (secondary N) is 1. The number of nitrogens with zero attached hydrogens (tertiary/aromatic N) is 4. The van der Waals surface area contributed by atoms with Crippen molar-refractivity contribution < 1.29 is 4.79 Å². The quantitative estimate of drug-likeness (QED) is 0.683. The summed E-state index contributed by atoms with van der Waals surface area (Å²) in [6.45, 7) is 7.06. The summed E-state index contributed by atoms with van der Waals surface area (Å²) in [7, 11) is 0. The lowest BCUT2D eigenvalue weighted by molar-refractivity contribution is 0.0951. The van der Waals surface area contributed by atoms with E-state index in [1.807, 2.05) is 36.4 Å². The minimum absolute atomic E-state index is 0.0442. The van der Waals surface area contributed by atoms with Crippen LogP contribution in [-0.4, -0.2) is 31.8 Å². The van der Waals surface area contributed by atoms with Crippen LogP contribution in [-0.2, 0) is 12.0 Å². The van der Waals surface area contributed by atoms with Crippen molar-refractivity contribution in [2.24, 2.45) is 0 Å². The number of carbonyl (C=O) groups excluding carboxylic acids is 1. The highest BCUT2D eigenvalue weighted by Gasteiger charge is 2.30. The highest BCUT2D eigenvalue weighted by molar-refractivity contribution is 5.94. The Morgan fingerprint density at radius 2 is 1.90 bits per heavy atom. The average molecular weight is 406 g/mol. The van der Waals surface area contributed by atoms with E-state index in [1.165, 1.54) is 10.2 Å². The fourth-order valence-electron chi connectivity index (χ4n) is 3.42. The second kappa shape index (κ2) is 7.89. The fourth-order valence-corrected chi connectivity index (χ4v) is 3.42. The van der Waals surface area contributed by atoms with Gasteiger partial charge >= 0.3 is 5.69 Å². The maximum Gasteiger partial charge on any atom is 0.346 e. The van der Waals surface area contributed by atoms with Gasteiger partial charge in [0, 0.05) is 36.1 Å². The number of rotatable bonds is 6. The van der Waals surface area contributed by atoms with E-state index in [0.29, 0.717) is 24.5 Å². The first-order chi connectivity index (χ1) is 14.3. The smallest absolute Gasteiger partial charge is 0.346 e. The van der Waals surface area contributed by atoms with Crippen molar-refractivity contribution in [1.29, 1.82) is 0 Å². The molecular formula is C23H27N5O2. The highest BCUT2D eigenvalue weighted by Crippen LogP contribution is 2.36. The molecule has 7 nitrogen and oxygen atoms in total. The van der Waals surface area contributed by atoms with Gasteiger partial charge < -0.3 is 5.32 Å². The maximum absolute atomic E-state index is 12.9. The molecule has 1 aromatic carbocycles. The van der Waals surface area contributed by atoms with Gasteiger partial charge in [0.15, 0.2) is 5.82 Å². The van der Waals surface area contributed by atoms with Crippen LogP contribution in [0.2, 0.25) is 0 Å². The van der Waals surface area contributed by atoms with Gasteiger partial charge in [0.05, 0.1) is 6.54 Å². The number of amides is 1. The second-order valence-electron chi connectivity index (χ2n) is 8.76. The summed E-state index contributed by atoms with van der Waals surface area (Å²) in [4.78, 5) is 29.5. The lowest BCUT2D eigenvalue weighted by atomic mass is 9.87. The molecule has 1 saturated carbocycles. The van der Waals surface area contributed by atoms with Gasteiger partial charge in [-0.15, -0.1) is 5.10 Å². The van der Waals surface area contributed by atoms with E-state index in [9.17, 15) is 9.59 Å². The third-order valence-corrected chi connectivity index (χ3v) is 5.32. The molecule has 0 unspecified atom stereocenters. The van der Waals surface area contributed by atoms with E-state index < -0.39 is 0 Å². The van der Waals surface area contributed by atoms with E-state index in [2.05, 4.69) is 36.2 Å². The summed E-state index contributed by atoms with van der Waals surface area (Å²) in [6, 6.07) is 11.6. The van der Waals surface area contributed by atoms with Crippen LogP contribution < -0.4 is 11.0 Å². The third-order valence-electron chi connectivity index (χ3n) is 5.32. The summed E-state index contributed by atoms with van der Waals surface area (Å²) in [6.07, 6.45) is 5.39. The molecule has 156 valence electrons. The normalized spacial score (nSPS) is 14.0. The number of aromatic nitrogens is 4. The van der Waals surface area contributed by atoms with Gasteiger partial charge in [-0.05, 0) is 48.1 Å². The van der Waals surface area contributed by atoms with Gasteiger partial charge in [-0.3, -0.25) is 14.3 Å². The van der Waals surface area contributed by atoms with E-state index in [0.717, 1.165) is 18.4 Å². The molecule has 3 aromatic rings. The van der Waals surface area contributed by atoms with E-state index in [4.69, 9.17) is 0 Å². The van der Waals surface area contributed by atoms with Gasteiger partial charge in [-0.1, -0.05) is 32.9 Å². The molecule has 1 N–H and O–H groups in total. The van der Waals surface area contributed by atoms with Crippen molar-refractivity contribution in [3.8, 4) is 11.4 Å². The predicted molar refractivity (Wildman–Crippen MR) is 115 cm³/mol. The van der Waals surface area contributed by atoms with Crippen LogP contribution in [0.3, 0.4) is 0 Å². The molecular weight excluding hydrogens is 378 g/mol. The molecule has 2 aromatic heterocycles. The molecule has 30 heavy (non-hydrogen) atoms. The summed E-state index contributed by atoms with van der Waals surface area (Å²) >= 11 is 0. The number of hydrogen-bond donors (Lipinski definition) is 1. The average Bonchev–Trinajstić information content (AvgIpc) is 3.52. The molecule has 0 spiro atoms. The fraction of sp³-hybridized carbons (Fsp3) is 0.391. The van der Waals surface area contributed by atoms with Gasteiger partial charge in [0.25, 0.3) is 5.91 Å². The van der Waals surface area contributed by atoms with Gasteiger partial charge in [0.2, 0.25) is 0 Å². The standard InChI is InChI=1S/C23H27N5O2/c1-23(2,3)18-8-6-16(7-9-18)21(29)25-13-14-27-22(30)28(19-10-11-19)20(26-27)17-5-4-12-24-15-17/h4-9,12,15,19H,10-11,13-14H2,1-3H3,(H,25,29). The molecule has 4 rings (SSSR count). The zero-order valence-corrected chi connectivity index (χ0v) is 17.6. The molecule has 0 radical (unpaired) electrons. The SMILES string of the molecule is CC(C)(C)c1ccc(C(=O)NCCn2nc(-c3cccnc3)n(C3CC3)c2=O)cc1. The topological polar surface area (TPSA) is 81.8 Å². The van der Waals surface area contributed by atoms with E-state index >= 15 is 0 Å². The van der Waals surface area contributed by atoms with E-state index in [-0.39, 0.29) is 23.1 Å². The zero-order valence-electron chi connectivity index (χ0n) is 17.6. The molecule has 0 bridgehead atoms. The van der Waals surface area contributed by atoms with Crippen molar-refractivity contribution in [3.63, 3.8) is 0 Å². The second-order valence-corrected chi connectivity index (χ2v) is 8.76. The molecule has 1 amide bonds. The number of hydrogen-bond acceptors (Lipinski definition) is 4. The van der Waals surface area contributed by atoms with Crippen LogP contribution >= 0.6 is 0 Å². The Labute approximate surface area is 175 Å². The van der Waals surface area contributed by atoms with Gasteiger partial charge in [-0.25, -0.2) is 9.48 Å². The Kier molecular flexibility index (Phi) is 5.28. The molecule has 7 heteroatoms. The molecule has 1 aliphatic carbocycles. The number of pyridine rings is 1. The maximum atomic E-state index is 12.9. The Bertz CT molecular complexity index is 1090. The highest BCUT2D eigenvalue weighted by atomic mass is 16.2. The molecule has 0 atom stereocenters.